The smallest absolute Gasteiger partial charge is 0.258 e. The highest BCUT2D eigenvalue weighted by molar-refractivity contribution is 7.09. The zero-order valence-corrected chi connectivity index (χ0v) is 12.1. The molecule has 0 spiro atoms. The molecule has 0 radical (unpaired) electrons. The number of nitrogens with zero attached hydrogens (tertiary/aromatic N) is 3. The molecule has 0 bridgehead atoms. The zero-order chi connectivity index (χ0) is 14.8. The van der Waals surface area contributed by atoms with Crippen LogP contribution in [-0.2, 0) is 0 Å². The van der Waals surface area contributed by atoms with Crippen LogP contribution in [0.4, 0.5) is 5.69 Å². The molecule has 3 rings (SSSR count). The third kappa shape index (κ3) is 2.63. The standard InChI is InChI=1S/C14H8ClN3O2S/c15-11-7-10(12-3-1-2-5-16-12)13(18(19)20)8-9(11)14-4-6-17-21-14/h1-8H. The molecule has 104 valence electrons. The molecule has 21 heavy (non-hydrogen) atoms. The molecular weight excluding hydrogens is 310 g/mol. The summed E-state index contributed by atoms with van der Waals surface area (Å²) in [5, 5.41) is 11.8. The second-order valence-corrected chi connectivity index (χ2v) is 5.44. The van der Waals surface area contributed by atoms with E-state index < -0.39 is 4.92 Å². The lowest BCUT2D eigenvalue weighted by Gasteiger charge is -2.07. The van der Waals surface area contributed by atoms with E-state index in [-0.39, 0.29) is 5.69 Å². The van der Waals surface area contributed by atoms with Gasteiger partial charge in [-0.15, -0.1) is 0 Å². The van der Waals surface area contributed by atoms with Crippen molar-refractivity contribution in [3.63, 3.8) is 0 Å². The summed E-state index contributed by atoms with van der Waals surface area (Å²) in [6.07, 6.45) is 3.22. The molecule has 0 aliphatic rings. The number of nitro benzene ring substituents is 1. The van der Waals surface area contributed by atoms with E-state index in [1.165, 1.54) is 17.6 Å². The minimum atomic E-state index is -0.426. The van der Waals surface area contributed by atoms with Crippen molar-refractivity contribution in [3.8, 4) is 21.7 Å². The number of nitro groups is 1. The molecule has 0 fully saturated rings. The number of rotatable bonds is 3. The van der Waals surface area contributed by atoms with Gasteiger partial charge in [0.15, 0.2) is 0 Å². The van der Waals surface area contributed by atoms with Crippen LogP contribution in [0, 0.1) is 10.1 Å². The van der Waals surface area contributed by atoms with Gasteiger partial charge in [0, 0.05) is 24.0 Å². The first kappa shape index (κ1) is 13.7. The lowest BCUT2D eigenvalue weighted by atomic mass is 10.0. The molecular formula is C14H8ClN3O2S. The Balaban J connectivity index is 2.23. The number of halogens is 1. The van der Waals surface area contributed by atoms with E-state index in [0.29, 0.717) is 21.8 Å². The molecule has 0 atom stereocenters. The predicted octanol–water partition coefficient (Wildman–Crippen LogP) is 4.43. The Morgan fingerprint density at radius 3 is 2.62 bits per heavy atom. The van der Waals surface area contributed by atoms with E-state index in [4.69, 9.17) is 11.6 Å². The highest BCUT2D eigenvalue weighted by Gasteiger charge is 2.20. The first-order valence-corrected chi connectivity index (χ1v) is 7.12. The zero-order valence-electron chi connectivity index (χ0n) is 10.6. The molecule has 0 unspecified atom stereocenters. The summed E-state index contributed by atoms with van der Waals surface area (Å²) < 4.78 is 4.00. The number of hydrogen-bond donors (Lipinski definition) is 0. The third-order valence-corrected chi connectivity index (χ3v) is 4.02. The number of hydrogen-bond acceptors (Lipinski definition) is 5. The fourth-order valence-corrected chi connectivity index (χ4v) is 2.93. The maximum Gasteiger partial charge on any atom is 0.279 e. The normalized spacial score (nSPS) is 10.5. The molecule has 7 heteroatoms. The van der Waals surface area contributed by atoms with Gasteiger partial charge in [-0.05, 0) is 35.8 Å². The second kappa shape index (κ2) is 5.59. The quantitative estimate of drug-likeness (QED) is 0.529. The van der Waals surface area contributed by atoms with Crippen molar-refractivity contribution in [2.45, 2.75) is 0 Å². The average Bonchev–Trinajstić information content (AvgIpc) is 3.01. The molecule has 0 amide bonds. The maximum absolute atomic E-state index is 11.4. The van der Waals surface area contributed by atoms with Gasteiger partial charge in [0.05, 0.1) is 26.1 Å². The van der Waals surface area contributed by atoms with Gasteiger partial charge >= 0.3 is 0 Å². The van der Waals surface area contributed by atoms with Crippen LogP contribution < -0.4 is 0 Å². The number of benzene rings is 1. The molecule has 3 aromatic rings. The van der Waals surface area contributed by atoms with Crippen LogP contribution in [-0.4, -0.2) is 14.3 Å². The minimum Gasteiger partial charge on any atom is -0.258 e. The molecule has 1 aromatic carbocycles. The van der Waals surface area contributed by atoms with Crippen molar-refractivity contribution in [1.82, 2.24) is 9.36 Å². The van der Waals surface area contributed by atoms with E-state index in [2.05, 4.69) is 9.36 Å². The van der Waals surface area contributed by atoms with Crippen LogP contribution in [0.1, 0.15) is 0 Å². The Labute approximate surface area is 129 Å². The maximum atomic E-state index is 11.4. The van der Waals surface area contributed by atoms with Crippen molar-refractivity contribution >= 4 is 28.8 Å². The van der Waals surface area contributed by atoms with Crippen molar-refractivity contribution in [2.24, 2.45) is 0 Å². The van der Waals surface area contributed by atoms with Gasteiger partial charge in [-0.2, -0.15) is 0 Å². The summed E-state index contributed by atoms with van der Waals surface area (Å²) >= 11 is 7.52. The van der Waals surface area contributed by atoms with Crippen molar-refractivity contribution in [3.05, 3.63) is 63.9 Å². The number of aromatic nitrogens is 2. The van der Waals surface area contributed by atoms with Crippen molar-refractivity contribution in [2.75, 3.05) is 0 Å². The fourth-order valence-electron chi connectivity index (χ4n) is 1.98. The lowest BCUT2D eigenvalue weighted by molar-refractivity contribution is -0.384. The highest BCUT2D eigenvalue weighted by atomic mass is 35.5. The molecule has 0 N–H and O–H groups in total. The van der Waals surface area contributed by atoms with E-state index >= 15 is 0 Å². The highest BCUT2D eigenvalue weighted by Crippen LogP contribution is 2.39. The van der Waals surface area contributed by atoms with Crippen molar-refractivity contribution < 1.29 is 4.92 Å². The molecule has 2 heterocycles. The third-order valence-electron chi connectivity index (χ3n) is 2.93. The lowest BCUT2D eigenvalue weighted by Crippen LogP contribution is -1.94. The van der Waals surface area contributed by atoms with Crippen LogP contribution in [0.15, 0.2) is 48.8 Å². The summed E-state index contributed by atoms with van der Waals surface area (Å²) in [5.74, 6) is 0. The van der Waals surface area contributed by atoms with E-state index in [1.54, 1.807) is 42.7 Å². The summed E-state index contributed by atoms with van der Waals surface area (Å²) in [4.78, 5) is 15.9. The van der Waals surface area contributed by atoms with Gasteiger partial charge in [0.2, 0.25) is 0 Å². The van der Waals surface area contributed by atoms with E-state index in [0.717, 1.165) is 4.88 Å². The van der Waals surface area contributed by atoms with Gasteiger partial charge in [0.25, 0.3) is 5.69 Å². The minimum absolute atomic E-state index is 0.0264. The van der Waals surface area contributed by atoms with Crippen LogP contribution in [0.2, 0.25) is 5.02 Å². The molecule has 0 saturated heterocycles. The summed E-state index contributed by atoms with van der Waals surface area (Å²) in [7, 11) is 0. The molecule has 0 aliphatic carbocycles. The summed E-state index contributed by atoms with van der Waals surface area (Å²) in [6, 6.07) is 10.1. The molecule has 2 aromatic heterocycles. The van der Waals surface area contributed by atoms with Gasteiger partial charge < -0.3 is 0 Å². The van der Waals surface area contributed by atoms with Crippen molar-refractivity contribution in [1.29, 1.82) is 0 Å². The topological polar surface area (TPSA) is 68.9 Å². The Hall–Kier alpha value is -2.31. The average molecular weight is 318 g/mol. The molecule has 5 nitrogen and oxygen atoms in total. The summed E-state index contributed by atoms with van der Waals surface area (Å²) in [6.45, 7) is 0. The Bertz CT molecular complexity index is 791. The largest absolute Gasteiger partial charge is 0.279 e. The van der Waals surface area contributed by atoms with Gasteiger partial charge in [0.1, 0.15) is 0 Å². The molecule has 0 saturated carbocycles. The Morgan fingerprint density at radius 1 is 1.14 bits per heavy atom. The first-order valence-electron chi connectivity index (χ1n) is 5.97. The van der Waals surface area contributed by atoms with Crippen LogP contribution >= 0.6 is 23.1 Å². The fraction of sp³-hybridized carbons (Fsp3) is 0. The second-order valence-electron chi connectivity index (χ2n) is 4.20. The first-order chi connectivity index (χ1) is 10.2. The van der Waals surface area contributed by atoms with Gasteiger partial charge in [-0.1, -0.05) is 17.7 Å². The van der Waals surface area contributed by atoms with E-state index in [1.807, 2.05) is 0 Å². The predicted molar refractivity (Wildman–Crippen MR) is 82.4 cm³/mol. The van der Waals surface area contributed by atoms with Gasteiger partial charge in [-0.25, -0.2) is 4.37 Å². The Kier molecular flexibility index (Phi) is 3.64. The van der Waals surface area contributed by atoms with Crippen LogP contribution in [0.25, 0.3) is 21.7 Å². The van der Waals surface area contributed by atoms with Crippen LogP contribution in [0.3, 0.4) is 0 Å². The SMILES string of the molecule is O=[N+]([O-])c1cc(-c2ccns2)c(Cl)cc1-c1ccccn1. The van der Waals surface area contributed by atoms with Crippen LogP contribution in [0.5, 0.6) is 0 Å². The monoisotopic (exact) mass is 317 g/mol. The molecule has 0 aliphatic heterocycles. The van der Waals surface area contributed by atoms with E-state index in [9.17, 15) is 10.1 Å². The Morgan fingerprint density at radius 2 is 2.00 bits per heavy atom. The number of pyridine rings is 1. The van der Waals surface area contributed by atoms with Gasteiger partial charge in [-0.3, -0.25) is 15.1 Å². The summed E-state index contributed by atoms with van der Waals surface area (Å²) in [5.41, 5.74) is 1.49.